The molecule has 0 saturated carbocycles. The maximum Gasteiger partial charge on any atom is 0.193 e. The Balaban J connectivity index is 2.12. The van der Waals surface area contributed by atoms with Gasteiger partial charge in [0, 0.05) is 17.5 Å². The first kappa shape index (κ1) is 22.6. The molecule has 0 bridgehead atoms. The summed E-state index contributed by atoms with van der Waals surface area (Å²) in [6, 6.07) is 10.7. The van der Waals surface area contributed by atoms with Crippen LogP contribution in [-0.4, -0.2) is 33.8 Å². The van der Waals surface area contributed by atoms with Crippen molar-refractivity contribution in [3.05, 3.63) is 70.8 Å². The van der Waals surface area contributed by atoms with Gasteiger partial charge in [0.05, 0.1) is 12.7 Å². The minimum Gasteiger partial charge on any atom is -0.507 e. The number of rotatable bonds is 6. The summed E-state index contributed by atoms with van der Waals surface area (Å²) in [5, 5.41) is 32.5. The molecule has 1 aliphatic rings. The monoisotopic (exact) mass is 422 g/mol. The van der Waals surface area contributed by atoms with E-state index in [1.54, 1.807) is 19.9 Å². The van der Waals surface area contributed by atoms with Crippen LogP contribution in [0.5, 0.6) is 17.2 Å². The SMILES string of the molecule is COc1cc(O)c(C(=O)/C=C/c2ccccc2)c(O)c1C1C=C(C)CCC1C(C)(C)O. The molecule has 0 saturated heterocycles. The van der Waals surface area contributed by atoms with Crippen LogP contribution >= 0.6 is 0 Å². The summed E-state index contributed by atoms with van der Waals surface area (Å²) in [6.45, 7) is 5.50. The number of carbonyl (C=O) groups excluding carboxylic acids is 1. The zero-order valence-corrected chi connectivity index (χ0v) is 18.4. The second kappa shape index (κ2) is 8.98. The van der Waals surface area contributed by atoms with Gasteiger partial charge >= 0.3 is 0 Å². The van der Waals surface area contributed by atoms with Gasteiger partial charge in [-0.1, -0.05) is 48.1 Å². The number of carbonyl (C=O) groups is 1. The van der Waals surface area contributed by atoms with Gasteiger partial charge in [-0.05, 0) is 51.2 Å². The van der Waals surface area contributed by atoms with Crippen LogP contribution in [-0.2, 0) is 0 Å². The number of aromatic hydroxyl groups is 2. The smallest absolute Gasteiger partial charge is 0.193 e. The first-order chi connectivity index (χ1) is 14.6. The van der Waals surface area contributed by atoms with E-state index >= 15 is 0 Å². The average molecular weight is 423 g/mol. The minimum atomic E-state index is -1.01. The summed E-state index contributed by atoms with van der Waals surface area (Å²) in [7, 11) is 1.45. The number of ether oxygens (including phenoxy) is 1. The molecule has 3 rings (SSSR count). The van der Waals surface area contributed by atoms with E-state index in [4.69, 9.17) is 4.74 Å². The minimum absolute atomic E-state index is 0.172. The largest absolute Gasteiger partial charge is 0.507 e. The van der Waals surface area contributed by atoms with Crippen LogP contribution in [0.2, 0.25) is 0 Å². The third-order valence-electron chi connectivity index (χ3n) is 5.96. The summed E-state index contributed by atoms with van der Waals surface area (Å²) < 4.78 is 5.46. The molecule has 0 radical (unpaired) electrons. The molecule has 0 spiro atoms. The van der Waals surface area contributed by atoms with Gasteiger partial charge in [-0.2, -0.15) is 0 Å². The summed E-state index contributed by atoms with van der Waals surface area (Å²) in [5.74, 6) is -1.46. The normalized spacial score (nSPS) is 19.3. The number of hydrogen-bond donors (Lipinski definition) is 3. The first-order valence-electron chi connectivity index (χ1n) is 10.4. The lowest BCUT2D eigenvalue weighted by atomic mass is 9.69. The number of hydrogen-bond acceptors (Lipinski definition) is 5. The van der Waals surface area contributed by atoms with Crippen molar-refractivity contribution in [1.29, 1.82) is 0 Å². The number of methoxy groups -OCH3 is 1. The van der Waals surface area contributed by atoms with Gasteiger partial charge in [-0.3, -0.25) is 4.79 Å². The molecule has 0 amide bonds. The summed E-state index contributed by atoms with van der Waals surface area (Å²) >= 11 is 0. The van der Waals surface area contributed by atoms with Crippen LogP contribution < -0.4 is 4.74 Å². The molecular weight excluding hydrogens is 392 g/mol. The van der Waals surface area contributed by atoms with Crippen LogP contribution in [0.25, 0.3) is 6.08 Å². The molecule has 2 aromatic carbocycles. The number of benzene rings is 2. The Morgan fingerprint density at radius 2 is 1.87 bits per heavy atom. The predicted octanol–water partition coefficient (Wildman–Crippen LogP) is 5.21. The molecule has 5 nitrogen and oxygen atoms in total. The van der Waals surface area contributed by atoms with Gasteiger partial charge in [0.25, 0.3) is 0 Å². The number of ketones is 1. The third kappa shape index (κ3) is 4.83. The standard InChI is InChI=1S/C26H30O5/c1-16-10-12-19(26(2,3)30)18(14-16)23-22(31-4)15-21(28)24(25(23)29)20(27)13-11-17-8-6-5-7-9-17/h5-9,11,13-15,18-19,28-30H,10,12H2,1-4H3/b13-11+. The average Bonchev–Trinajstić information content (AvgIpc) is 2.71. The summed E-state index contributed by atoms with van der Waals surface area (Å²) in [6.07, 6.45) is 6.55. The molecule has 0 aromatic heterocycles. The van der Waals surface area contributed by atoms with Crippen molar-refractivity contribution in [1.82, 2.24) is 0 Å². The number of aliphatic hydroxyl groups is 1. The maximum absolute atomic E-state index is 12.9. The van der Waals surface area contributed by atoms with Gasteiger partial charge in [-0.25, -0.2) is 0 Å². The molecule has 2 aromatic rings. The van der Waals surface area contributed by atoms with Crippen molar-refractivity contribution >= 4 is 11.9 Å². The molecule has 2 atom stereocenters. The molecule has 0 fully saturated rings. The molecule has 1 aliphatic carbocycles. The highest BCUT2D eigenvalue weighted by Gasteiger charge is 2.39. The third-order valence-corrected chi connectivity index (χ3v) is 5.96. The molecule has 3 N–H and O–H groups in total. The Bertz CT molecular complexity index is 1010. The van der Waals surface area contributed by atoms with E-state index in [-0.39, 0.29) is 34.6 Å². The molecule has 0 heterocycles. The Kier molecular flexibility index (Phi) is 6.56. The highest BCUT2D eigenvalue weighted by molar-refractivity contribution is 6.11. The van der Waals surface area contributed by atoms with Crippen molar-refractivity contribution in [2.45, 2.75) is 45.1 Å². The molecule has 5 heteroatoms. The molecule has 0 aliphatic heterocycles. The first-order valence-corrected chi connectivity index (χ1v) is 10.4. The molecule has 2 unspecified atom stereocenters. The van der Waals surface area contributed by atoms with Gasteiger partial charge in [0.1, 0.15) is 22.8 Å². The lowest BCUT2D eigenvalue weighted by Crippen LogP contribution is -2.36. The Hall–Kier alpha value is -3.05. The van der Waals surface area contributed by atoms with Crippen molar-refractivity contribution in [2.75, 3.05) is 7.11 Å². The predicted molar refractivity (Wildman–Crippen MR) is 122 cm³/mol. The Morgan fingerprint density at radius 1 is 1.19 bits per heavy atom. The lowest BCUT2D eigenvalue weighted by Gasteiger charge is -2.39. The van der Waals surface area contributed by atoms with Crippen LogP contribution in [0.3, 0.4) is 0 Å². The fourth-order valence-electron chi connectivity index (χ4n) is 4.35. The van der Waals surface area contributed by atoms with Crippen molar-refractivity contribution < 1.29 is 24.9 Å². The van der Waals surface area contributed by atoms with Gasteiger partial charge in [0.2, 0.25) is 0 Å². The van der Waals surface area contributed by atoms with Crippen molar-refractivity contribution in [3.63, 3.8) is 0 Å². The van der Waals surface area contributed by atoms with Gasteiger partial charge in [-0.15, -0.1) is 0 Å². The highest BCUT2D eigenvalue weighted by Crippen LogP contribution is 2.50. The fourth-order valence-corrected chi connectivity index (χ4v) is 4.35. The number of phenols is 2. The van der Waals surface area contributed by atoms with Gasteiger partial charge < -0.3 is 20.1 Å². The maximum atomic E-state index is 12.9. The summed E-state index contributed by atoms with van der Waals surface area (Å²) in [5.41, 5.74) is 1.19. The quantitative estimate of drug-likeness (QED) is 0.338. The van der Waals surface area contributed by atoms with Gasteiger partial charge in [0.15, 0.2) is 5.78 Å². The van der Waals surface area contributed by atoms with Crippen LogP contribution in [0.4, 0.5) is 0 Å². The number of allylic oxidation sites excluding steroid dienone is 3. The van der Waals surface area contributed by atoms with Crippen LogP contribution in [0.15, 0.2) is 54.1 Å². The van der Waals surface area contributed by atoms with E-state index in [0.29, 0.717) is 5.56 Å². The van der Waals surface area contributed by atoms with E-state index in [1.807, 2.05) is 43.3 Å². The molecule has 164 valence electrons. The lowest BCUT2D eigenvalue weighted by molar-refractivity contribution is 0.00419. The van der Waals surface area contributed by atoms with E-state index in [1.165, 1.54) is 19.3 Å². The summed E-state index contributed by atoms with van der Waals surface area (Å²) in [4.78, 5) is 12.9. The topological polar surface area (TPSA) is 87.0 Å². The second-order valence-electron chi connectivity index (χ2n) is 8.68. The second-order valence-corrected chi connectivity index (χ2v) is 8.68. The number of phenolic OH excluding ortho intramolecular Hbond substituents is 2. The highest BCUT2D eigenvalue weighted by atomic mass is 16.5. The Morgan fingerprint density at radius 3 is 2.48 bits per heavy atom. The van der Waals surface area contributed by atoms with E-state index in [9.17, 15) is 20.1 Å². The van der Waals surface area contributed by atoms with Crippen molar-refractivity contribution in [2.24, 2.45) is 5.92 Å². The Labute approximate surface area is 183 Å². The zero-order valence-electron chi connectivity index (χ0n) is 18.4. The fraction of sp³-hybridized carbons (Fsp3) is 0.346. The van der Waals surface area contributed by atoms with Crippen molar-refractivity contribution in [3.8, 4) is 17.2 Å². The van der Waals surface area contributed by atoms with E-state index in [0.717, 1.165) is 24.0 Å². The molecule has 31 heavy (non-hydrogen) atoms. The van der Waals surface area contributed by atoms with E-state index < -0.39 is 11.4 Å². The zero-order chi connectivity index (χ0) is 22.8. The van der Waals surface area contributed by atoms with E-state index in [2.05, 4.69) is 0 Å². The van der Waals surface area contributed by atoms with Crippen LogP contribution in [0.1, 0.15) is 61.0 Å². The van der Waals surface area contributed by atoms with Crippen LogP contribution in [0, 0.1) is 5.92 Å². The molecular formula is C26H30O5.